The van der Waals surface area contributed by atoms with Gasteiger partial charge in [0, 0.05) is 20.3 Å². The van der Waals surface area contributed by atoms with Gasteiger partial charge in [-0.15, -0.1) is 0 Å². The van der Waals surface area contributed by atoms with Gasteiger partial charge in [-0.05, 0) is 68.6 Å². The van der Waals surface area contributed by atoms with Crippen LogP contribution in [0.4, 0.5) is 11.4 Å². The van der Waals surface area contributed by atoms with Gasteiger partial charge in [-0.3, -0.25) is 0 Å². The van der Waals surface area contributed by atoms with Gasteiger partial charge in [-0.25, -0.2) is 4.79 Å². The van der Waals surface area contributed by atoms with Gasteiger partial charge < -0.3 is 15.8 Å². The summed E-state index contributed by atoms with van der Waals surface area (Å²) in [5, 5.41) is 3.21. The third kappa shape index (κ3) is 4.01. The standard InChI is InChI=1S/C16H16Br2N2O2/c1-2-22-16(21)15(10-7-8-13(19)12(18)9-10)20-14-6-4-3-5-11(14)17/h3-9,15,20H,2,19H2,1H3. The number of carbonyl (C=O) groups excluding carboxylic acids is 1. The molecule has 0 saturated carbocycles. The minimum absolute atomic E-state index is 0.323. The van der Waals surface area contributed by atoms with Crippen molar-refractivity contribution in [3.8, 4) is 0 Å². The highest BCUT2D eigenvalue weighted by atomic mass is 79.9. The molecule has 0 bridgehead atoms. The van der Waals surface area contributed by atoms with Gasteiger partial charge in [0.1, 0.15) is 0 Å². The first kappa shape index (κ1) is 16.8. The maximum atomic E-state index is 12.3. The Morgan fingerprint density at radius 2 is 1.95 bits per heavy atom. The number of nitrogen functional groups attached to an aromatic ring is 1. The Labute approximate surface area is 146 Å². The van der Waals surface area contributed by atoms with Gasteiger partial charge in [0.05, 0.1) is 6.61 Å². The second kappa shape index (κ2) is 7.65. The van der Waals surface area contributed by atoms with E-state index in [4.69, 9.17) is 10.5 Å². The molecule has 0 heterocycles. The molecule has 116 valence electrons. The number of ether oxygens (including phenoxy) is 1. The van der Waals surface area contributed by atoms with Crippen LogP contribution >= 0.6 is 31.9 Å². The molecule has 6 heteroatoms. The van der Waals surface area contributed by atoms with E-state index < -0.39 is 6.04 Å². The average Bonchev–Trinajstić information content (AvgIpc) is 2.49. The summed E-state index contributed by atoms with van der Waals surface area (Å²) in [4.78, 5) is 12.3. The highest BCUT2D eigenvalue weighted by Gasteiger charge is 2.23. The fraction of sp³-hybridized carbons (Fsp3) is 0.188. The molecule has 2 aromatic rings. The smallest absolute Gasteiger partial charge is 0.333 e. The summed E-state index contributed by atoms with van der Waals surface area (Å²) in [5.41, 5.74) is 8.01. The lowest BCUT2D eigenvalue weighted by molar-refractivity contribution is -0.144. The molecule has 1 unspecified atom stereocenters. The number of benzene rings is 2. The minimum atomic E-state index is -0.615. The Morgan fingerprint density at radius 3 is 2.59 bits per heavy atom. The predicted octanol–water partition coefficient (Wildman–Crippen LogP) is 4.51. The number of anilines is 2. The van der Waals surface area contributed by atoms with Crippen molar-refractivity contribution >= 4 is 49.2 Å². The van der Waals surface area contributed by atoms with Crippen LogP contribution in [0.5, 0.6) is 0 Å². The van der Waals surface area contributed by atoms with Crippen molar-refractivity contribution in [3.63, 3.8) is 0 Å². The SMILES string of the molecule is CCOC(=O)C(Nc1ccccc1Br)c1ccc(N)c(Br)c1. The van der Waals surface area contributed by atoms with Crippen LogP contribution < -0.4 is 11.1 Å². The number of carbonyl (C=O) groups is 1. The van der Waals surface area contributed by atoms with Crippen molar-refractivity contribution in [1.82, 2.24) is 0 Å². The molecular weight excluding hydrogens is 412 g/mol. The molecule has 0 aliphatic carbocycles. The van der Waals surface area contributed by atoms with Crippen molar-refractivity contribution in [2.45, 2.75) is 13.0 Å². The Kier molecular flexibility index (Phi) is 5.85. The zero-order chi connectivity index (χ0) is 16.1. The number of rotatable bonds is 5. The van der Waals surface area contributed by atoms with E-state index in [2.05, 4.69) is 37.2 Å². The molecule has 22 heavy (non-hydrogen) atoms. The van der Waals surface area contributed by atoms with Crippen molar-refractivity contribution in [2.75, 3.05) is 17.7 Å². The summed E-state index contributed by atoms with van der Waals surface area (Å²) in [6, 6.07) is 12.4. The van der Waals surface area contributed by atoms with E-state index in [0.29, 0.717) is 12.3 Å². The van der Waals surface area contributed by atoms with Crippen LogP contribution in [0.25, 0.3) is 0 Å². The van der Waals surface area contributed by atoms with Gasteiger partial charge in [-0.1, -0.05) is 18.2 Å². The van der Waals surface area contributed by atoms with Crippen LogP contribution in [0.2, 0.25) is 0 Å². The van der Waals surface area contributed by atoms with E-state index in [1.165, 1.54) is 0 Å². The summed E-state index contributed by atoms with van der Waals surface area (Å²) in [6.07, 6.45) is 0. The number of esters is 1. The number of nitrogens with one attached hydrogen (secondary N) is 1. The number of para-hydroxylation sites is 1. The van der Waals surface area contributed by atoms with Crippen LogP contribution in [0.3, 0.4) is 0 Å². The molecule has 2 aromatic carbocycles. The molecule has 0 aliphatic heterocycles. The van der Waals surface area contributed by atoms with Crippen LogP contribution in [0, 0.1) is 0 Å². The lowest BCUT2D eigenvalue weighted by atomic mass is 10.1. The van der Waals surface area contributed by atoms with E-state index in [-0.39, 0.29) is 5.97 Å². The van der Waals surface area contributed by atoms with E-state index in [0.717, 1.165) is 20.2 Å². The van der Waals surface area contributed by atoms with Crippen molar-refractivity contribution in [2.24, 2.45) is 0 Å². The molecule has 0 amide bonds. The molecule has 4 nitrogen and oxygen atoms in total. The molecule has 0 radical (unpaired) electrons. The molecular formula is C16H16Br2N2O2. The Bertz CT molecular complexity index is 677. The third-order valence-electron chi connectivity index (χ3n) is 3.05. The molecule has 2 rings (SSSR count). The molecule has 0 spiro atoms. The lowest BCUT2D eigenvalue weighted by Gasteiger charge is -2.20. The maximum Gasteiger partial charge on any atom is 0.333 e. The molecule has 1 atom stereocenters. The van der Waals surface area contributed by atoms with Crippen molar-refractivity contribution in [1.29, 1.82) is 0 Å². The Hall–Kier alpha value is -1.53. The van der Waals surface area contributed by atoms with Gasteiger partial charge in [-0.2, -0.15) is 0 Å². The molecule has 0 fully saturated rings. The second-order valence-corrected chi connectivity index (χ2v) is 6.30. The number of hydrogen-bond acceptors (Lipinski definition) is 4. The first-order valence-electron chi connectivity index (χ1n) is 6.75. The monoisotopic (exact) mass is 426 g/mol. The predicted molar refractivity (Wildman–Crippen MR) is 95.7 cm³/mol. The summed E-state index contributed by atoms with van der Waals surface area (Å²) in [6.45, 7) is 2.11. The molecule has 0 aromatic heterocycles. The highest BCUT2D eigenvalue weighted by molar-refractivity contribution is 9.11. The minimum Gasteiger partial charge on any atom is -0.464 e. The van der Waals surface area contributed by atoms with E-state index >= 15 is 0 Å². The summed E-state index contributed by atoms with van der Waals surface area (Å²) in [5.74, 6) is -0.338. The Balaban J connectivity index is 2.36. The first-order valence-corrected chi connectivity index (χ1v) is 8.34. The number of nitrogens with two attached hydrogens (primary N) is 1. The number of hydrogen-bond donors (Lipinski definition) is 2. The second-order valence-electron chi connectivity index (χ2n) is 4.59. The summed E-state index contributed by atoms with van der Waals surface area (Å²) in [7, 11) is 0. The summed E-state index contributed by atoms with van der Waals surface area (Å²) < 4.78 is 6.79. The highest BCUT2D eigenvalue weighted by Crippen LogP contribution is 2.30. The summed E-state index contributed by atoms with van der Waals surface area (Å²) >= 11 is 6.86. The van der Waals surface area contributed by atoms with Gasteiger partial charge in [0.25, 0.3) is 0 Å². The van der Waals surface area contributed by atoms with Crippen LogP contribution in [0.1, 0.15) is 18.5 Å². The Morgan fingerprint density at radius 1 is 1.23 bits per heavy atom. The quantitative estimate of drug-likeness (QED) is 0.544. The van der Waals surface area contributed by atoms with Crippen LogP contribution in [-0.4, -0.2) is 12.6 Å². The van der Waals surface area contributed by atoms with Gasteiger partial charge in [0.2, 0.25) is 0 Å². The fourth-order valence-electron chi connectivity index (χ4n) is 1.96. The lowest BCUT2D eigenvalue weighted by Crippen LogP contribution is -2.23. The third-order valence-corrected chi connectivity index (χ3v) is 4.43. The van der Waals surface area contributed by atoms with Gasteiger partial charge in [0.15, 0.2) is 6.04 Å². The first-order chi connectivity index (χ1) is 10.5. The molecule has 3 N–H and O–H groups in total. The van der Waals surface area contributed by atoms with E-state index in [1.807, 2.05) is 36.4 Å². The van der Waals surface area contributed by atoms with Crippen LogP contribution in [0.15, 0.2) is 51.4 Å². The van der Waals surface area contributed by atoms with Crippen molar-refractivity contribution < 1.29 is 9.53 Å². The zero-order valence-electron chi connectivity index (χ0n) is 12.0. The topological polar surface area (TPSA) is 64.3 Å². The normalized spacial score (nSPS) is 11.8. The van der Waals surface area contributed by atoms with Gasteiger partial charge >= 0.3 is 5.97 Å². The molecule has 0 saturated heterocycles. The van der Waals surface area contributed by atoms with Crippen LogP contribution in [-0.2, 0) is 9.53 Å². The number of halogens is 2. The largest absolute Gasteiger partial charge is 0.464 e. The maximum absolute atomic E-state index is 12.3. The zero-order valence-corrected chi connectivity index (χ0v) is 15.1. The molecule has 0 aliphatic rings. The average molecular weight is 428 g/mol. The van der Waals surface area contributed by atoms with E-state index in [1.54, 1.807) is 13.0 Å². The fourth-order valence-corrected chi connectivity index (χ4v) is 2.76. The van der Waals surface area contributed by atoms with E-state index in [9.17, 15) is 4.79 Å². The van der Waals surface area contributed by atoms with Crippen molar-refractivity contribution in [3.05, 3.63) is 57.0 Å².